The lowest BCUT2D eigenvalue weighted by atomic mass is 9.92. The van der Waals surface area contributed by atoms with E-state index in [0.29, 0.717) is 24.3 Å². The van der Waals surface area contributed by atoms with Crippen LogP contribution < -0.4 is 0 Å². The molecule has 7 nitrogen and oxygen atoms in total. The van der Waals surface area contributed by atoms with Gasteiger partial charge in [0.1, 0.15) is 12.2 Å². The summed E-state index contributed by atoms with van der Waals surface area (Å²) in [6.07, 6.45) is 1.32. The van der Waals surface area contributed by atoms with Gasteiger partial charge in [0.05, 0.1) is 11.4 Å². The number of ether oxygens (including phenoxy) is 1. The number of aromatic carboxylic acids is 1. The fraction of sp³-hybridized carbons (Fsp3) is 0.320. The van der Waals surface area contributed by atoms with E-state index in [0.717, 1.165) is 25.1 Å². The van der Waals surface area contributed by atoms with Gasteiger partial charge in [-0.15, -0.1) is 0 Å². The van der Waals surface area contributed by atoms with Gasteiger partial charge in [0.2, 0.25) is 0 Å². The first-order valence-corrected chi connectivity index (χ1v) is 11.0. The van der Waals surface area contributed by atoms with Crippen LogP contribution in [0.2, 0.25) is 0 Å². The summed E-state index contributed by atoms with van der Waals surface area (Å²) >= 11 is 0. The molecule has 1 saturated heterocycles. The number of aromatic nitrogens is 2. The van der Waals surface area contributed by atoms with E-state index in [1.165, 1.54) is 22.3 Å². The van der Waals surface area contributed by atoms with Crippen molar-refractivity contribution in [3.8, 4) is 11.1 Å². The smallest absolute Gasteiger partial charge is 0.409 e. The maximum Gasteiger partial charge on any atom is 0.409 e. The van der Waals surface area contributed by atoms with E-state index in [1.807, 2.05) is 28.9 Å². The summed E-state index contributed by atoms with van der Waals surface area (Å²) in [5.74, 6) is -0.958. The van der Waals surface area contributed by atoms with E-state index < -0.39 is 5.97 Å². The monoisotopic (exact) mass is 429 g/mol. The zero-order valence-corrected chi connectivity index (χ0v) is 17.5. The van der Waals surface area contributed by atoms with Crippen molar-refractivity contribution in [2.75, 3.05) is 19.7 Å². The first-order chi connectivity index (χ1) is 15.6. The van der Waals surface area contributed by atoms with Gasteiger partial charge in [-0.3, -0.25) is 4.68 Å². The number of carboxylic acids is 1. The first kappa shape index (κ1) is 19.1. The molecule has 1 aromatic heterocycles. The molecule has 0 radical (unpaired) electrons. The van der Waals surface area contributed by atoms with E-state index in [2.05, 4.69) is 29.4 Å². The number of amides is 1. The molecule has 32 heavy (non-hydrogen) atoms. The van der Waals surface area contributed by atoms with Crippen LogP contribution in [0.5, 0.6) is 0 Å². The summed E-state index contributed by atoms with van der Waals surface area (Å²) in [6.45, 7) is 1.92. The molecule has 1 aliphatic carbocycles. The van der Waals surface area contributed by atoms with Crippen LogP contribution in [0.4, 0.5) is 4.79 Å². The lowest BCUT2D eigenvalue weighted by Gasteiger charge is -2.37. The zero-order chi connectivity index (χ0) is 21.8. The topological polar surface area (TPSA) is 84.7 Å². The minimum absolute atomic E-state index is 0.0261. The maximum atomic E-state index is 12.7. The lowest BCUT2D eigenvalue weighted by molar-refractivity contribution is 0.0662. The van der Waals surface area contributed by atoms with Crippen LogP contribution >= 0.6 is 0 Å². The fourth-order valence-electron chi connectivity index (χ4n) is 5.36. The third-order valence-corrected chi connectivity index (χ3v) is 6.94. The second-order valence-electron chi connectivity index (χ2n) is 8.74. The van der Waals surface area contributed by atoms with Crippen LogP contribution in [0.3, 0.4) is 0 Å². The highest BCUT2D eigenvalue weighted by molar-refractivity contribution is 5.91. The maximum absolute atomic E-state index is 12.7. The van der Waals surface area contributed by atoms with Crippen molar-refractivity contribution in [3.05, 3.63) is 76.6 Å². The Morgan fingerprint density at radius 3 is 2.34 bits per heavy atom. The summed E-state index contributed by atoms with van der Waals surface area (Å²) in [5, 5.41) is 14.2. The van der Waals surface area contributed by atoms with Crippen molar-refractivity contribution < 1.29 is 19.4 Å². The molecule has 0 atom stereocenters. The average molecular weight is 429 g/mol. The second kappa shape index (κ2) is 7.22. The molecule has 0 bridgehead atoms. The lowest BCUT2D eigenvalue weighted by Crippen LogP contribution is -2.49. The molecule has 6 rings (SSSR count). The summed E-state index contributed by atoms with van der Waals surface area (Å²) in [7, 11) is 0. The van der Waals surface area contributed by atoms with E-state index in [-0.39, 0.29) is 24.5 Å². The third kappa shape index (κ3) is 2.84. The van der Waals surface area contributed by atoms with E-state index in [4.69, 9.17) is 4.74 Å². The van der Waals surface area contributed by atoms with Crippen molar-refractivity contribution in [2.24, 2.45) is 0 Å². The Morgan fingerprint density at radius 2 is 1.69 bits per heavy atom. The van der Waals surface area contributed by atoms with Crippen LogP contribution in [-0.2, 0) is 17.7 Å². The minimum Gasteiger partial charge on any atom is -0.478 e. The molecule has 0 saturated carbocycles. The van der Waals surface area contributed by atoms with Crippen LogP contribution in [-0.4, -0.2) is 51.5 Å². The Morgan fingerprint density at radius 1 is 1.03 bits per heavy atom. The average Bonchev–Trinajstić information content (AvgIpc) is 3.42. The number of rotatable bonds is 4. The summed E-state index contributed by atoms with van der Waals surface area (Å²) in [6, 6.07) is 16.5. The standard InChI is InChI=1S/C25H23N3O4/c29-24(30)22-21-10-5-11-28(21)26-23(22)15-12-27(13-15)25(31)32-14-20-18-8-3-1-6-16(18)17-7-2-4-9-19(17)20/h1-4,6-9,15,20H,5,10-14H2,(H,29,30). The molecule has 2 aliphatic heterocycles. The van der Waals surface area contributed by atoms with Gasteiger partial charge >= 0.3 is 12.1 Å². The molecule has 0 spiro atoms. The number of likely N-dealkylation sites (tertiary alicyclic amines) is 1. The zero-order valence-electron chi connectivity index (χ0n) is 17.5. The largest absolute Gasteiger partial charge is 0.478 e. The van der Waals surface area contributed by atoms with Crippen LogP contribution in [0.1, 0.15) is 51.1 Å². The van der Waals surface area contributed by atoms with Crippen molar-refractivity contribution >= 4 is 12.1 Å². The predicted molar refractivity (Wildman–Crippen MR) is 117 cm³/mol. The van der Waals surface area contributed by atoms with E-state index in [1.54, 1.807) is 4.90 Å². The molecule has 7 heteroatoms. The molecule has 1 fully saturated rings. The summed E-state index contributed by atoms with van der Waals surface area (Å²) < 4.78 is 7.53. The number of hydrogen-bond donors (Lipinski definition) is 1. The van der Waals surface area contributed by atoms with Gasteiger partial charge in [-0.05, 0) is 35.1 Å². The third-order valence-electron chi connectivity index (χ3n) is 6.94. The van der Waals surface area contributed by atoms with Gasteiger partial charge in [-0.1, -0.05) is 48.5 Å². The van der Waals surface area contributed by atoms with Crippen LogP contribution in [0.15, 0.2) is 48.5 Å². The normalized spacial score (nSPS) is 16.9. The van der Waals surface area contributed by atoms with Gasteiger partial charge in [0.25, 0.3) is 0 Å². The SMILES string of the molecule is O=C(O)c1c(C2CN(C(=O)OCC3c4ccccc4-c4ccccc43)C2)nn2c1CCC2. The fourth-order valence-corrected chi connectivity index (χ4v) is 5.36. The Balaban J connectivity index is 1.13. The van der Waals surface area contributed by atoms with Gasteiger partial charge in [-0.2, -0.15) is 5.10 Å². The number of fused-ring (bicyclic) bond motifs is 4. The quantitative estimate of drug-likeness (QED) is 0.681. The molecule has 2 aromatic carbocycles. The van der Waals surface area contributed by atoms with Crippen LogP contribution in [0.25, 0.3) is 11.1 Å². The number of carboxylic acid groups (broad SMARTS) is 1. The number of carbonyl (C=O) groups is 2. The summed E-state index contributed by atoms with van der Waals surface area (Å²) in [4.78, 5) is 26.1. The molecule has 0 unspecified atom stereocenters. The Kier molecular flexibility index (Phi) is 4.31. The number of nitrogens with zero attached hydrogens (tertiary/aromatic N) is 3. The summed E-state index contributed by atoms with van der Waals surface area (Å²) in [5.41, 5.74) is 6.51. The number of hydrogen-bond acceptors (Lipinski definition) is 4. The highest BCUT2D eigenvalue weighted by Gasteiger charge is 2.40. The molecule has 3 aliphatic rings. The minimum atomic E-state index is -0.928. The molecular weight excluding hydrogens is 406 g/mol. The van der Waals surface area contributed by atoms with E-state index in [9.17, 15) is 14.7 Å². The molecule has 3 heterocycles. The van der Waals surface area contributed by atoms with Gasteiger partial charge < -0.3 is 14.7 Å². The van der Waals surface area contributed by atoms with Crippen molar-refractivity contribution in [1.82, 2.24) is 14.7 Å². The molecule has 1 amide bonds. The second-order valence-corrected chi connectivity index (χ2v) is 8.74. The Labute approximate surface area is 185 Å². The number of benzene rings is 2. The van der Waals surface area contributed by atoms with Crippen molar-refractivity contribution in [3.63, 3.8) is 0 Å². The molecule has 162 valence electrons. The first-order valence-electron chi connectivity index (χ1n) is 11.0. The van der Waals surface area contributed by atoms with Gasteiger partial charge in [0.15, 0.2) is 0 Å². The van der Waals surface area contributed by atoms with Crippen molar-refractivity contribution in [2.45, 2.75) is 31.2 Å². The Bertz CT molecular complexity index is 1200. The number of aryl methyl sites for hydroxylation is 1. The molecule has 3 aromatic rings. The van der Waals surface area contributed by atoms with E-state index >= 15 is 0 Å². The van der Waals surface area contributed by atoms with Crippen molar-refractivity contribution in [1.29, 1.82) is 0 Å². The molecular formula is C25H23N3O4. The Hall–Kier alpha value is -3.61. The van der Waals surface area contributed by atoms with Crippen LogP contribution in [0, 0.1) is 0 Å². The highest BCUT2D eigenvalue weighted by atomic mass is 16.6. The van der Waals surface area contributed by atoms with Gasteiger partial charge in [0, 0.05) is 31.5 Å². The number of carbonyl (C=O) groups excluding carboxylic acids is 1. The van der Waals surface area contributed by atoms with Gasteiger partial charge in [-0.25, -0.2) is 9.59 Å². The highest BCUT2D eigenvalue weighted by Crippen LogP contribution is 2.44. The molecule has 1 N–H and O–H groups in total. The predicted octanol–water partition coefficient (Wildman–Crippen LogP) is 3.88.